The van der Waals surface area contributed by atoms with E-state index in [4.69, 9.17) is 23.7 Å². The van der Waals surface area contributed by atoms with E-state index in [1.807, 2.05) is 30.3 Å². The molecule has 3 aromatic carbocycles. The average molecular weight is 625 g/mol. The van der Waals surface area contributed by atoms with Crippen molar-refractivity contribution in [3.63, 3.8) is 0 Å². The second kappa shape index (κ2) is 16.6. The summed E-state index contributed by atoms with van der Waals surface area (Å²) in [5.41, 5.74) is 6.30. The number of carbonyl (C=O) groups is 3. The highest BCUT2D eigenvalue weighted by molar-refractivity contribution is 5.92. The van der Waals surface area contributed by atoms with Crippen molar-refractivity contribution in [3.05, 3.63) is 121 Å². The maximum Gasteiger partial charge on any atom is 0.338 e. The smallest absolute Gasteiger partial charge is 0.338 e. The van der Waals surface area contributed by atoms with Gasteiger partial charge >= 0.3 is 17.9 Å². The van der Waals surface area contributed by atoms with Crippen LogP contribution in [0.25, 0.3) is 22.3 Å². The van der Waals surface area contributed by atoms with Crippen molar-refractivity contribution in [3.8, 4) is 33.8 Å². The number of rotatable bonds is 16. The lowest BCUT2D eigenvalue weighted by Gasteiger charge is -2.17. The molecule has 0 aliphatic rings. The maximum absolute atomic E-state index is 12.8. The molecule has 0 N–H and O–H groups in total. The molecule has 0 aromatic heterocycles. The van der Waals surface area contributed by atoms with Crippen molar-refractivity contribution < 1.29 is 38.1 Å². The van der Waals surface area contributed by atoms with Crippen LogP contribution in [0.5, 0.6) is 11.5 Å². The van der Waals surface area contributed by atoms with Crippen LogP contribution in [-0.2, 0) is 30.2 Å². The Kier molecular flexibility index (Phi) is 12.7. The van der Waals surface area contributed by atoms with Crippen LogP contribution in [0.4, 0.5) is 0 Å². The molecule has 8 nitrogen and oxygen atoms in total. The zero-order valence-electron chi connectivity index (χ0n) is 26.9. The topological polar surface area (TPSA) is 97.4 Å². The molecular weight excluding hydrogens is 584 g/mol. The molecule has 0 radical (unpaired) electrons. The fourth-order valence-electron chi connectivity index (χ4n) is 4.14. The fourth-order valence-corrected chi connectivity index (χ4v) is 4.14. The molecular formula is C38H40O8. The van der Waals surface area contributed by atoms with Gasteiger partial charge in [-0.05, 0) is 85.4 Å². The number of benzene rings is 3. The molecule has 0 unspecified atom stereocenters. The van der Waals surface area contributed by atoms with Gasteiger partial charge in [0.25, 0.3) is 0 Å². The van der Waals surface area contributed by atoms with Crippen LogP contribution < -0.4 is 9.47 Å². The number of allylic oxidation sites excluding steroid dienone is 1. The molecule has 0 spiro atoms. The number of hydrogen-bond acceptors (Lipinski definition) is 8. The van der Waals surface area contributed by atoms with Crippen LogP contribution in [0.2, 0.25) is 0 Å². The van der Waals surface area contributed by atoms with E-state index >= 15 is 0 Å². The predicted molar refractivity (Wildman–Crippen MR) is 179 cm³/mol. The van der Waals surface area contributed by atoms with Crippen molar-refractivity contribution in [1.29, 1.82) is 0 Å². The molecule has 46 heavy (non-hydrogen) atoms. The molecule has 0 aliphatic heterocycles. The van der Waals surface area contributed by atoms with Crippen LogP contribution in [0, 0.1) is 0 Å². The summed E-state index contributed by atoms with van der Waals surface area (Å²) in [6, 6.07) is 18.5. The predicted octanol–water partition coefficient (Wildman–Crippen LogP) is 7.83. The van der Waals surface area contributed by atoms with Gasteiger partial charge in [-0.3, -0.25) is 0 Å². The van der Waals surface area contributed by atoms with E-state index in [0.717, 1.165) is 39.8 Å². The Balaban J connectivity index is 1.87. The highest BCUT2D eigenvalue weighted by atomic mass is 16.6. The summed E-state index contributed by atoms with van der Waals surface area (Å²) < 4.78 is 27.4. The molecule has 0 atom stereocenters. The fraction of sp³-hybridized carbons (Fsp3) is 0.237. The van der Waals surface area contributed by atoms with Gasteiger partial charge in [0.05, 0.1) is 5.56 Å². The van der Waals surface area contributed by atoms with Gasteiger partial charge in [-0.15, -0.1) is 0 Å². The number of ether oxygens (including phenoxy) is 5. The number of aryl methyl sites for hydroxylation is 1. The summed E-state index contributed by atoms with van der Waals surface area (Å²) in [5.74, 6) is -0.227. The molecule has 0 saturated heterocycles. The Bertz CT molecular complexity index is 1650. The van der Waals surface area contributed by atoms with Crippen molar-refractivity contribution in [2.75, 3.05) is 26.4 Å². The SMILES string of the molecule is C=C(C)C(=C)OCCOc1cc(C(=O)OCCOC(=O)C(=C)C)ccc1-c1ccc(-c2ccc(OC(=O)C(=C)C)cc2)cc1CC. The molecule has 0 heterocycles. The molecule has 3 aromatic rings. The van der Waals surface area contributed by atoms with Crippen LogP contribution in [0.1, 0.15) is 43.6 Å². The first kappa shape index (κ1) is 35.1. The van der Waals surface area contributed by atoms with E-state index < -0.39 is 17.9 Å². The van der Waals surface area contributed by atoms with Crippen LogP contribution >= 0.6 is 0 Å². The lowest BCUT2D eigenvalue weighted by molar-refractivity contribution is -0.140. The standard InChI is InChI=1S/C38H40O8/c1-9-28-22-30(29-10-14-32(15-11-29)46-37(40)26(6)7)12-16-33(28)34-17-13-31(38(41)45-21-20-44-36(39)25(4)5)23-35(34)43-19-18-42-27(8)24(2)3/h10-17,22-23H,2,4,6,8-9,18-21H2,1,3,5,7H3. The Morgan fingerprint density at radius 1 is 0.630 bits per heavy atom. The summed E-state index contributed by atoms with van der Waals surface area (Å²) in [5, 5.41) is 0. The Hall–Kier alpha value is -5.37. The number of hydrogen-bond donors (Lipinski definition) is 0. The Morgan fingerprint density at radius 2 is 1.24 bits per heavy atom. The molecule has 8 heteroatoms. The summed E-state index contributed by atoms with van der Waals surface area (Å²) in [6.45, 7) is 22.0. The monoisotopic (exact) mass is 624 g/mol. The van der Waals surface area contributed by atoms with E-state index in [9.17, 15) is 14.4 Å². The first-order valence-corrected chi connectivity index (χ1v) is 14.8. The third-order valence-corrected chi connectivity index (χ3v) is 6.73. The van der Waals surface area contributed by atoms with E-state index in [-0.39, 0.29) is 37.6 Å². The lowest BCUT2D eigenvalue weighted by Crippen LogP contribution is -2.14. The quantitative estimate of drug-likeness (QED) is 0.0397. The van der Waals surface area contributed by atoms with Gasteiger partial charge < -0.3 is 23.7 Å². The lowest BCUT2D eigenvalue weighted by atomic mass is 9.92. The van der Waals surface area contributed by atoms with Gasteiger partial charge in [-0.2, -0.15) is 0 Å². The number of carbonyl (C=O) groups excluding carboxylic acids is 3. The maximum atomic E-state index is 12.8. The van der Waals surface area contributed by atoms with Crippen molar-refractivity contribution in [2.45, 2.75) is 34.1 Å². The molecule has 0 fully saturated rings. The zero-order valence-corrected chi connectivity index (χ0v) is 26.9. The van der Waals surface area contributed by atoms with Crippen LogP contribution in [0.3, 0.4) is 0 Å². The van der Waals surface area contributed by atoms with E-state index in [0.29, 0.717) is 22.8 Å². The largest absolute Gasteiger partial charge is 0.490 e. The first-order valence-electron chi connectivity index (χ1n) is 14.8. The Labute approximate surface area is 270 Å². The van der Waals surface area contributed by atoms with Gasteiger partial charge in [-0.1, -0.05) is 63.6 Å². The third-order valence-electron chi connectivity index (χ3n) is 6.73. The minimum atomic E-state index is -0.585. The van der Waals surface area contributed by atoms with Crippen molar-refractivity contribution >= 4 is 17.9 Å². The summed E-state index contributed by atoms with van der Waals surface area (Å²) >= 11 is 0. The van der Waals surface area contributed by atoms with E-state index in [1.54, 1.807) is 38.1 Å². The summed E-state index contributed by atoms with van der Waals surface area (Å²) in [6.07, 6.45) is 0.727. The van der Waals surface area contributed by atoms with Crippen LogP contribution in [0.15, 0.2) is 109 Å². The van der Waals surface area contributed by atoms with Gasteiger partial charge in [-0.25, -0.2) is 14.4 Å². The molecule has 3 rings (SSSR count). The highest BCUT2D eigenvalue weighted by Gasteiger charge is 2.17. The van der Waals surface area contributed by atoms with E-state index in [1.165, 1.54) is 6.92 Å². The van der Waals surface area contributed by atoms with Crippen LogP contribution in [-0.4, -0.2) is 44.3 Å². The average Bonchev–Trinajstić information content (AvgIpc) is 3.04. The molecule has 0 bridgehead atoms. The first-order chi connectivity index (χ1) is 21.9. The third kappa shape index (κ3) is 9.82. The minimum absolute atomic E-state index is 0.0859. The minimum Gasteiger partial charge on any atom is -0.490 e. The molecule has 0 aliphatic carbocycles. The van der Waals surface area contributed by atoms with Gasteiger partial charge in [0, 0.05) is 16.7 Å². The molecule has 240 valence electrons. The van der Waals surface area contributed by atoms with E-state index in [2.05, 4.69) is 39.3 Å². The van der Waals surface area contributed by atoms with Crippen molar-refractivity contribution in [1.82, 2.24) is 0 Å². The number of esters is 3. The summed E-state index contributed by atoms with van der Waals surface area (Å²) in [4.78, 5) is 36.3. The van der Waals surface area contributed by atoms with Crippen molar-refractivity contribution in [2.24, 2.45) is 0 Å². The zero-order chi connectivity index (χ0) is 33.8. The van der Waals surface area contributed by atoms with Gasteiger partial charge in [0.1, 0.15) is 43.7 Å². The second-order valence-electron chi connectivity index (χ2n) is 10.6. The molecule has 0 saturated carbocycles. The molecule has 0 amide bonds. The second-order valence-corrected chi connectivity index (χ2v) is 10.6. The Morgan fingerprint density at radius 3 is 1.87 bits per heavy atom. The summed E-state index contributed by atoms with van der Waals surface area (Å²) in [7, 11) is 0. The van der Waals surface area contributed by atoms with Gasteiger partial charge in [0.15, 0.2) is 0 Å². The van der Waals surface area contributed by atoms with Gasteiger partial charge in [0.2, 0.25) is 0 Å². The normalized spacial score (nSPS) is 10.3. The highest BCUT2D eigenvalue weighted by Crippen LogP contribution is 2.36.